The van der Waals surface area contributed by atoms with Crippen LogP contribution < -0.4 is 10.2 Å². The van der Waals surface area contributed by atoms with Gasteiger partial charge in [0.05, 0.1) is 5.02 Å². The van der Waals surface area contributed by atoms with Crippen molar-refractivity contribution >= 4 is 17.4 Å². The first-order chi connectivity index (χ1) is 9.11. The number of rotatable bonds is 4. The Balaban J connectivity index is 2.13. The van der Waals surface area contributed by atoms with E-state index in [-0.39, 0.29) is 0 Å². The molecule has 1 N–H and O–H groups in total. The Labute approximate surface area is 121 Å². The average Bonchev–Trinajstić information content (AvgIpc) is 2.41. The molecule has 4 heteroatoms. The highest BCUT2D eigenvalue weighted by molar-refractivity contribution is 6.31. The van der Waals surface area contributed by atoms with Crippen LogP contribution in [0.15, 0.2) is 12.3 Å². The summed E-state index contributed by atoms with van der Waals surface area (Å²) in [5.41, 5.74) is 1.12. The minimum Gasteiger partial charge on any atom is -0.357 e. The standard InChI is InChI=1S/C15H24ClN3/c1-11-5-4-6-13(7-11)19(3)15-8-12(9-17-2)14(16)10-18-15/h8,10-11,13,17H,4-7,9H2,1-3H3. The highest BCUT2D eigenvalue weighted by atomic mass is 35.5. The van der Waals surface area contributed by atoms with E-state index in [1.807, 2.05) is 7.05 Å². The van der Waals surface area contributed by atoms with E-state index < -0.39 is 0 Å². The Bertz CT molecular complexity index is 422. The van der Waals surface area contributed by atoms with Crippen molar-refractivity contribution in [3.8, 4) is 0 Å². The number of anilines is 1. The third kappa shape index (κ3) is 3.61. The number of hydrogen-bond acceptors (Lipinski definition) is 3. The molecule has 1 aromatic heterocycles. The Hall–Kier alpha value is -0.800. The molecule has 0 radical (unpaired) electrons. The van der Waals surface area contributed by atoms with E-state index in [0.29, 0.717) is 6.04 Å². The van der Waals surface area contributed by atoms with Crippen LogP contribution in [0.1, 0.15) is 38.2 Å². The molecule has 1 fully saturated rings. The monoisotopic (exact) mass is 281 g/mol. The molecule has 1 aromatic rings. The van der Waals surface area contributed by atoms with Crippen molar-refractivity contribution in [2.45, 2.75) is 45.2 Å². The first-order valence-corrected chi connectivity index (χ1v) is 7.51. The second kappa shape index (κ2) is 6.58. The molecule has 0 saturated heterocycles. The number of hydrogen-bond donors (Lipinski definition) is 1. The van der Waals surface area contributed by atoms with Gasteiger partial charge < -0.3 is 10.2 Å². The maximum atomic E-state index is 6.17. The maximum Gasteiger partial charge on any atom is 0.128 e. The minimum absolute atomic E-state index is 0.611. The second-order valence-corrected chi connectivity index (χ2v) is 6.11. The molecule has 3 nitrogen and oxygen atoms in total. The lowest BCUT2D eigenvalue weighted by atomic mass is 9.86. The lowest BCUT2D eigenvalue weighted by Crippen LogP contribution is -2.36. The second-order valence-electron chi connectivity index (χ2n) is 5.70. The van der Waals surface area contributed by atoms with Crippen molar-refractivity contribution in [3.05, 3.63) is 22.8 Å². The predicted octanol–water partition coefficient (Wildman–Crippen LogP) is 3.47. The molecule has 0 amide bonds. The Morgan fingerprint density at radius 1 is 1.47 bits per heavy atom. The van der Waals surface area contributed by atoms with Crippen LogP contribution in [0.3, 0.4) is 0 Å². The molecular formula is C15H24ClN3. The highest BCUT2D eigenvalue weighted by Gasteiger charge is 2.23. The van der Waals surface area contributed by atoms with Gasteiger partial charge in [0, 0.05) is 25.8 Å². The quantitative estimate of drug-likeness (QED) is 0.916. The fourth-order valence-electron chi connectivity index (χ4n) is 2.93. The minimum atomic E-state index is 0.611. The van der Waals surface area contributed by atoms with Crippen LogP contribution in [-0.4, -0.2) is 25.1 Å². The fraction of sp³-hybridized carbons (Fsp3) is 0.667. The summed E-state index contributed by atoms with van der Waals surface area (Å²) in [6, 6.07) is 2.72. The van der Waals surface area contributed by atoms with Crippen LogP contribution in [0, 0.1) is 5.92 Å². The van der Waals surface area contributed by atoms with Gasteiger partial charge in [0.2, 0.25) is 0 Å². The molecule has 106 valence electrons. The number of pyridine rings is 1. The van der Waals surface area contributed by atoms with Gasteiger partial charge >= 0.3 is 0 Å². The summed E-state index contributed by atoms with van der Waals surface area (Å²) in [5.74, 6) is 1.86. The maximum absolute atomic E-state index is 6.17. The molecule has 1 heterocycles. The zero-order valence-electron chi connectivity index (χ0n) is 12.1. The van der Waals surface area contributed by atoms with Gasteiger partial charge in [-0.15, -0.1) is 0 Å². The molecule has 1 aliphatic rings. The van der Waals surface area contributed by atoms with Crippen LogP contribution in [0.2, 0.25) is 5.02 Å². The summed E-state index contributed by atoms with van der Waals surface area (Å²) in [4.78, 5) is 6.81. The van der Waals surface area contributed by atoms with E-state index >= 15 is 0 Å². The Morgan fingerprint density at radius 2 is 2.26 bits per heavy atom. The van der Waals surface area contributed by atoms with Crippen molar-refractivity contribution in [1.29, 1.82) is 0 Å². The Kier molecular flexibility index (Phi) is 5.06. The van der Waals surface area contributed by atoms with Crippen LogP contribution in [0.5, 0.6) is 0 Å². The molecular weight excluding hydrogens is 258 g/mol. The average molecular weight is 282 g/mol. The van der Waals surface area contributed by atoms with Crippen molar-refractivity contribution in [2.24, 2.45) is 5.92 Å². The van der Waals surface area contributed by atoms with Crippen molar-refractivity contribution in [2.75, 3.05) is 19.0 Å². The van der Waals surface area contributed by atoms with E-state index in [1.54, 1.807) is 6.20 Å². The van der Waals surface area contributed by atoms with E-state index in [2.05, 4.69) is 35.2 Å². The molecule has 19 heavy (non-hydrogen) atoms. The van der Waals surface area contributed by atoms with Gasteiger partial charge in [-0.25, -0.2) is 4.98 Å². The van der Waals surface area contributed by atoms with Gasteiger partial charge in [-0.1, -0.05) is 31.4 Å². The Morgan fingerprint density at radius 3 is 2.95 bits per heavy atom. The fourth-order valence-corrected chi connectivity index (χ4v) is 3.10. The lowest BCUT2D eigenvalue weighted by Gasteiger charge is -2.35. The zero-order valence-corrected chi connectivity index (χ0v) is 12.9. The van der Waals surface area contributed by atoms with E-state index in [4.69, 9.17) is 11.6 Å². The number of aromatic nitrogens is 1. The summed E-state index contributed by atoms with van der Waals surface area (Å²) >= 11 is 6.17. The molecule has 2 rings (SSSR count). The molecule has 1 aliphatic carbocycles. The molecule has 0 bridgehead atoms. The number of halogens is 1. The summed E-state index contributed by atoms with van der Waals surface area (Å²) in [7, 11) is 4.09. The smallest absolute Gasteiger partial charge is 0.128 e. The molecule has 1 saturated carbocycles. The van der Waals surface area contributed by atoms with Gasteiger partial charge in [0.15, 0.2) is 0 Å². The van der Waals surface area contributed by atoms with Crippen LogP contribution in [-0.2, 0) is 6.54 Å². The highest BCUT2D eigenvalue weighted by Crippen LogP contribution is 2.29. The summed E-state index contributed by atoms with van der Waals surface area (Å²) in [6.07, 6.45) is 7.00. The number of nitrogens with zero attached hydrogens (tertiary/aromatic N) is 2. The first kappa shape index (κ1) is 14.6. The SMILES string of the molecule is CNCc1cc(N(C)C2CCCC(C)C2)ncc1Cl. The van der Waals surface area contributed by atoms with Crippen LogP contribution in [0.4, 0.5) is 5.82 Å². The predicted molar refractivity (Wildman–Crippen MR) is 81.8 cm³/mol. The molecule has 0 aromatic carbocycles. The van der Waals surface area contributed by atoms with E-state index in [1.165, 1.54) is 25.7 Å². The van der Waals surface area contributed by atoms with Gasteiger partial charge in [-0.3, -0.25) is 0 Å². The summed E-state index contributed by atoms with van der Waals surface area (Å²) < 4.78 is 0. The van der Waals surface area contributed by atoms with Crippen molar-refractivity contribution in [1.82, 2.24) is 10.3 Å². The van der Waals surface area contributed by atoms with Gasteiger partial charge in [0.25, 0.3) is 0 Å². The summed E-state index contributed by atoms with van der Waals surface area (Å²) in [5, 5.41) is 3.89. The van der Waals surface area contributed by atoms with Crippen LogP contribution >= 0.6 is 11.6 Å². The molecule has 0 spiro atoms. The van der Waals surface area contributed by atoms with E-state index in [0.717, 1.165) is 28.9 Å². The van der Waals surface area contributed by atoms with Crippen LogP contribution in [0.25, 0.3) is 0 Å². The molecule has 2 atom stereocenters. The summed E-state index contributed by atoms with van der Waals surface area (Å²) in [6.45, 7) is 3.13. The third-order valence-electron chi connectivity index (χ3n) is 4.11. The largest absolute Gasteiger partial charge is 0.357 e. The van der Waals surface area contributed by atoms with Gasteiger partial charge in [-0.05, 0) is 37.4 Å². The zero-order chi connectivity index (χ0) is 13.8. The molecule has 2 unspecified atom stereocenters. The lowest BCUT2D eigenvalue weighted by molar-refractivity contribution is 0.335. The van der Waals surface area contributed by atoms with Crippen molar-refractivity contribution in [3.63, 3.8) is 0 Å². The third-order valence-corrected chi connectivity index (χ3v) is 4.45. The van der Waals surface area contributed by atoms with Crippen molar-refractivity contribution < 1.29 is 0 Å². The topological polar surface area (TPSA) is 28.2 Å². The normalized spacial score (nSPS) is 23.4. The van der Waals surface area contributed by atoms with Gasteiger partial charge in [-0.2, -0.15) is 0 Å². The first-order valence-electron chi connectivity index (χ1n) is 7.13. The number of nitrogens with one attached hydrogen (secondary N) is 1. The van der Waals surface area contributed by atoms with E-state index in [9.17, 15) is 0 Å². The molecule has 0 aliphatic heterocycles. The van der Waals surface area contributed by atoms with Gasteiger partial charge in [0.1, 0.15) is 5.82 Å².